The van der Waals surface area contributed by atoms with Crippen LogP contribution in [0.15, 0.2) is 24.3 Å². The number of rotatable bonds is 9. The van der Waals surface area contributed by atoms with E-state index in [1.165, 1.54) is 52.0 Å². The average Bonchev–Trinajstić information content (AvgIpc) is 2.63. The van der Waals surface area contributed by atoms with Gasteiger partial charge in [-0.15, -0.1) is 0 Å². The molecular formula is C21H26N2O7. The molecule has 0 heterocycles. The van der Waals surface area contributed by atoms with E-state index in [4.69, 9.17) is 9.47 Å². The maximum absolute atomic E-state index is 12.4. The van der Waals surface area contributed by atoms with Crippen LogP contribution in [0, 0.1) is 0 Å². The van der Waals surface area contributed by atoms with Crippen LogP contribution in [0.2, 0.25) is 0 Å². The zero-order chi connectivity index (χ0) is 22.7. The highest BCUT2D eigenvalue weighted by Crippen LogP contribution is 2.29. The minimum Gasteiger partial charge on any atom is -0.423 e. The Labute approximate surface area is 175 Å². The van der Waals surface area contributed by atoms with E-state index in [9.17, 15) is 24.0 Å². The van der Waals surface area contributed by atoms with Gasteiger partial charge >= 0.3 is 11.9 Å². The van der Waals surface area contributed by atoms with E-state index >= 15 is 0 Å². The lowest BCUT2D eigenvalue weighted by Crippen LogP contribution is -2.35. The molecule has 162 valence electrons. The maximum atomic E-state index is 12.4. The molecule has 0 aromatic heterocycles. The number of nitrogens with one attached hydrogen (secondary N) is 1. The second-order valence-corrected chi connectivity index (χ2v) is 6.43. The van der Waals surface area contributed by atoms with E-state index < -0.39 is 23.8 Å². The second-order valence-electron chi connectivity index (χ2n) is 6.43. The van der Waals surface area contributed by atoms with E-state index in [0.29, 0.717) is 24.9 Å². The Morgan fingerprint density at radius 2 is 1.57 bits per heavy atom. The molecule has 0 spiro atoms. The van der Waals surface area contributed by atoms with Crippen molar-refractivity contribution in [2.75, 3.05) is 13.1 Å². The van der Waals surface area contributed by atoms with E-state index in [1.54, 1.807) is 6.07 Å². The summed E-state index contributed by atoms with van der Waals surface area (Å²) < 4.78 is 10.0. The van der Waals surface area contributed by atoms with Gasteiger partial charge in [0.05, 0.1) is 0 Å². The highest BCUT2D eigenvalue weighted by molar-refractivity contribution is 6.02. The van der Waals surface area contributed by atoms with Gasteiger partial charge in [0.15, 0.2) is 11.5 Å². The minimum atomic E-state index is -0.595. The lowest BCUT2D eigenvalue weighted by atomic mass is 10.1. The van der Waals surface area contributed by atoms with E-state index in [1.807, 2.05) is 0 Å². The molecule has 1 rings (SSSR count). The van der Waals surface area contributed by atoms with Crippen molar-refractivity contribution in [3.05, 3.63) is 29.8 Å². The first-order valence-electron chi connectivity index (χ1n) is 9.35. The molecule has 0 unspecified atom stereocenters. The van der Waals surface area contributed by atoms with Gasteiger partial charge < -0.3 is 14.8 Å². The molecular weight excluding hydrogens is 392 g/mol. The molecule has 0 atom stereocenters. The Kier molecular flexibility index (Phi) is 9.94. The van der Waals surface area contributed by atoms with E-state index in [2.05, 4.69) is 5.32 Å². The summed E-state index contributed by atoms with van der Waals surface area (Å²) in [7, 11) is 0. The minimum absolute atomic E-state index is 0.0358. The maximum Gasteiger partial charge on any atom is 0.308 e. The molecule has 0 fully saturated rings. The monoisotopic (exact) mass is 418 g/mol. The van der Waals surface area contributed by atoms with Crippen molar-refractivity contribution in [3.8, 4) is 11.5 Å². The fraction of sp³-hybridized carbons (Fsp3) is 0.381. The normalized spacial score (nSPS) is 10.4. The van der Waals surface area contributed by atoms with Crippen LogP contribution in [0.5, 0.6) is 11.5 Å². The Morgan fingerprint density at radius 1 is 0.933 bits per heavy atom. The van der Waals surface area contributed by atoms with Crippen LogP contribution in [-0.2, 0) is 24.0 Å². The molecule has 1 N–H and O–H groups in total. The summed E-state index contributed by atoms with van der Waals surface area (Å²) in [5.74, 6) is -2.08. The molecule has 0 aliphatic heterocycles. The zero-order valence-electron chi connectivity index (χ0n) is 17.5. The number of esters is 2. The summed E-state index contributed by atoms with van der Waals surface area (Å²) in [4.78, 5) is 58.6. The fourth-order valence-electron chi connectivity index (χ4n) is 2.44. The van der Waals surface area contributed by atoms with E-state index in [0.717, 1.165) is 4.90 Å². The number of nitrogens with zero attached hydrogens (tertiary/aromatic N) is 1. The molecule has 9 heteroatoms. The van der Waals surface area contributed by atoms with Crippen LogP contribution < -0.4 is 14.8 Å². The Balaban J connectivity index is 2.84. The topological polar surface area (TPSA) is 119 Å². The van der Waals surface area contributed by atoms with Gasteiger partial charge in [-0.2, -0.15) is 0 Å². The van der Waals surface area contributed by atoms with Crippen LogP contribution in [-0.4, -0.2) is 47.6 Å². The molecule has 0 radical (unpaired) electrons. The van der Waals surface area contributed by atoms with Crippen molar-refractivity contribution in [2.45, 2.75) is 40.5 Å². The van der Waals surface area contributed by atoms with Gasteiger partial charge in [0, 0.05) is 46.9 Å². The number of unbranched alkanes of at least 4 members (excludes halogenated alkanes) is 1. The standard InChI is InChI=1S/C21H26N2O7/c1-14(24)22-11-5-6-12-23(15(2)25)21(28)10-8-18-7-9-19(29-16(3)26)20(13-18)30-17(4)27/h7-10,13H,5-6,11-12H2,1-4H3,(H,22,24)/b10-8+. The molecule has 1 aromatic rings. The number of ether oxygens (including phenoxy) is 2. The highest BCUT2D eigenvalue weighted by Gasteiger charge is 2.15. The van der Waals surface area contributed by atoms with Gasteiger partial charge in [0.2, 0.25) is 11.8 Å². The Hall–Kier alpha value is -3.49. The summed E-state index contributed by atoms with van der Waals surface area (Å²) in [5.41, 5.74) is 0.504. The summed E-state index contributed by atoms with van der Waals surface area (Å²) >= 11 is 0. The second kappa shape index (κ2) is 12.2. The highest BCUT2D eigenvalue weighted by atomic mass is 16.6. The number of benzene rings is 1. The quantitative estimate of drug-likeness (QED) is 0.281. The van der Waals surface area contributed by atoms with Gasteiger partial charge in [0.25, 0.3) is 5.91 Å². The first-order valence-corrected chi connectivity index (χ1v) is 9.35. The van der Waals surface area contributed by atoms with E-state index in [-0.39, 0.29) is 24.0 Å². The number of amides is 3. The third kappa shape index (κ3) is 9.13. The molecule has 30 heavy (non-hydrogen) atoms. The summed E-state index contributed by atoms with van der Waals surface area (Å²) in [6.45, 7) is 5.84. The van der Waals surface area contributed by atoms with Crippen LogP contribution in [0.4, 0.5) is 0 Å². The van der Waals surface area contributed by atoms with Crippen molar-refractivity contribution < 1.29 is 33.4 Å². The predicted octanol–water partition coefficient (Wildman–Crippen LogP) is 1.84. The van der Waals surface area contributed by atoms with Gasteiger partial charge in [-0.25, -0.2) is 0 Å². The molecule has 0 aliphatic rings. The molecule has 9 nitrogen and oxygen atoms in total. The van der Waals surface area contributed by atoms with Crippen LogP contribution >= 0.6 is 0 Å². The predicted molar refractivity (Wildman–Crippen MR) is 108 cm³/mol. The third-order valence-corrected chi connectivity index (χ3v) is 3.72. The molecule has 0 saturated heterocycles. The first kappa shape index (κ1) is 24.5. The number of imide groups is 1. The Bertz CT molecular complexity index is 846. The van der Waals surface area contributed by atoms with Crippen molar-refractivity contribution in [1.29, 1.82) is 0 Å². The lowest BCUT2D eigenvalue weighted by molar-refractivity contribution is -0.140. The van der Waals surface area contributed by atoms with Gasteiger partial charge in [-0.3, -0.25) is 28.9 Å². The lowest BCUT2D eigenvalue weighted by Gasteiger charge is -2.17. The molecule has 0 aliphatic carbocycles. The largest absolute Gasteiger partial charge is 0.423 e. The number of hydrogen-bond acceptors (Lipinski definition) is 7. The van der Waals surface area contributed by atoms with Crippen molar-refractivity contribution >= 4 is 35.7 Å². The molecule has 1 aromatic carbocycles. The molecule has 0 saturated carbocycles. The van der Waals surface area contributed by atoms with Gasteiger partial charge in [0.1, 0.15) is 0 Å². The number of carbonyl (C=O) groups is 5. The van der Waals surface area contributed by atoms with Gasteiger partial charge in [-0.05, 0) is 36.6 Å². The smallest absolute Gasteiger partial charge is 0.308 e. The number of carbonyl (C=O) groups excluding carboxylic acids is 5. The Morgan fingerprint density at radius 3 is 2.13 bits per heavy atom. The fourth-order valence-corrected chi connectivity index (χ4v) is 2.44. The third-order valence-electron chi connectivity index (χ3n) is 3.72. The average molecular weight is 418 g/mol. The molecule has 0 bridgehead atoms. The van der Waals surface area contributed by atoms with Crippen molar-refractivity contribution in [3.63, 3.8) is 0 Å². The van der Waals surface area contributed by atoms with Crippen LogP contribution in [0.3, 0.4) is 0 Å². The SMILES string of the molecule is CC(=O)NCCCCN(C(C)=O)C(=O)/C=C/c1ccc(OC(C)=O)c(OC(C)=O)c1. The van der Waals surface area contributed by atoms with Crippen molar-refractivity contribution in [1.82, 2.24) is 10.2 Å². The summed E-state index contributed by atoms with van der Waals surface area (Å²) in [5, 5.41) is 2.65. The van der Waals surface area contributed by atoms with Crippen LogP contribution in [0.25, 0.3) is 6.08 Å². The zero-order valence-corrected chi connectivity index (χ0v) is 17.5. The van der Waals surface area contributed by atoms with Crippen LogP contribution in [0.1, 0.15) is 46.1 Å². The summed E-state index contributed by atoms with van der Waals surface area (Å²) in [6.07, 6.45) is 3.87. The summed E-state index contributed by atoms with van der Waals surface area (Å²) in [6, 6.07) is 4.45. The molecule has 3 amide bonds. The van der Waals surface area contributed by atoms with Gasteiger partial charge in [-0.1, -0.05) is 6.07 Å². The van der Waals surface area contributed by atoms with Crippen molar-refractivity contribution in [2.24, 2.45) is 0 Å². The first-order chi connectivity index (χ1) is 14.1. The number of hydrogen-bond donors (Lipinski definition) is 1.